The number of methoxy groups -OCH3 is 1. The molecule has 4 nitrogen and oxygen atoms in total. The Morgan fingerprint density at radius 1 is 1.24 bits per heavy atom. The monoisotopic (exact) mass is 241 g/mol. The number of ether oxygens (including phenoxy) is 1. The normalized spacial score (nSPS) is 35.7. The minimum absolute atomic E-state index is 0.103. The lowest BCUT2D eigenvalue weighted by molar-refractivity contribution is -0.143. The maximum atomic E-state index is 10.9. The third-order valence-electron chi connectivity index (χ3n) is 4.31. The summed E-state index contributed by atoms with van der Waals surface area (Å²) in [6, 6.07) is 0.587. The van der Waals surface area contributed by atoms with E-state index in [2.05, 4.69) is 4.90 Å². The number of carboxylic acids is 1. The van der Waals surface area contributed by atoms with Gasteiger partial charge in [-0.25, -0.2) is 0 Å². The zero-order valence-corrected chi connectivity index (χ0v) is 10.6. The van der Waals surface area contributed by atoms with Crippen LogP contribution in [0.2, 0.25) is 0 Å². The molecule has 0 spiro atoms. The Morgan fingerprint density at radius 2 is 1.94 bits per heavy atom. The van der Waals surface area contributed by atoms with Crippen molar-refractivity contribution < 1.29 is 14.6 Å². The largest absolute Gasteiger partial charge is 0.481 e. The van der Waals surface area contributed by atoms with Crippen LogP contribution in [0.4, 0.5) is 0 Å². The van der Waals surface area contributed by atoms with Gasteiger partial charge in [-0.3, -0.25) is 9.69 Å². The molecule has 1 heterocycles. The average molecular weight is 241 g/mol. The Morgan fingerprint density at radius 3 is 2.53 bits per heavy atom. The molecule has 1 aliphatic heterocycles. The summed E-state index contributed by atoms with van der Waals surface area (Å²) in [5.74, 6) is -0.717. The fourth-order valence-corrected chi connectivity index (χ4v) is 3.18. The van der Waals surface area contributed by atoms with Gasteiger partial charge in [0.15, 0.2) is 0 Å². The zero-order valence-electron chi connectivity index (χ0n) is 10.6. The van der Waals surface area contributed by atoms with E-state index in [0.29, 0.717) is 12.1 Å². The summed E-state index contributed by atoms with van der Waals surface area (Å²) in [5, 5.41) is 8.98. The van der Waals surface area contributed by atoms with Crippen molar-refractivity contribution >= 4 is 5.97 Å². The summed E-state index contributed by atoms with van der Waals surface area (Å²) in [6.45, 7) is 2.18. The summed E-state index contributed by atoms with van der Waals surface area (Å²) >= 11 is 0. The van der Waals surface area contributed by atoms with E-state index in [-0.39, 0.29) is 5.92 Å². The number of carbonyl (C=O) groups is 1. The highest BCUT2D eigenvalue weighted by Crippen LogP contribution is 2.29. The highest BCUT2D eigenvalue weighted by Gasteiger charge is 2.31. The van der Waals surface area contributed by atoms with E-state index in [1.165, 1.54) is 6.42 Å². The van der Waals surface area contributed by atoms with Crippen molar-refractivity contribution in [3.05, 3.63) is 0 Å². The molecule has 17 heavy (non-hydrogen) atoms. The van der Waals surface area contributed by atoms with Crippen molar-refractivity contribution in [1.29, 1.82) is 0 Å². The molecule has 1 atom stereocenters. The van der Waals surface area contributed by atoms with Gasteiger partial charge in [0.25, 0.3) is 0 Å². The Kier molecular flexibility index (Phi) is 4.40. The summed E-state index contributed by atoms with van der Waals surface area (Å²) in [6.07, 6.45) is 6.50. The maximum absolute atomic E-state index is 10.9. The van der Waals surface area contributed by atoms with Gasteiger partial charge in [0, 0.05) is 19.7 Å². The fourth-order valence-electron chi connectivity index (χ4n) is 3.18. The van der Waals surface area contributed by atoms with Crippen molar-refractivity contribution in [2.24, 2.45) is 5.92 Å². The summed E-state index contributed by atoms with van der Waals surface area (Å²) in [5.41, 5.74) is 0. The first-order valence-corrected chi connectivity index (χ1v) is 6.70. The molecule has 0 amide bonds. The van der Waals surface area contributed by atoms with E-state index in [0.717, 1.165) is 45.2 Å². The number of likely N-dealkylation sites (tertiary alicyclic amines) is 1. The molecule has 1 aliphatic carbocycles. The first-order valence-electron chi connectivity index (χ1n) is 6.70. The van der Waals surface area contributed by atoms with Gasteiger partial charge >= 0.3 is 5.97 Å². The summed E-state index contributed by atoms with van der Waals surface area (Å²) < 4.78 is 5.44. The third-order valence-corrected chi connectivity index (χ3v) is 4.31. The van der Waals surface area contributed by atoms with Crippen LogP contribution < -0.4 is 0 Å². The minimum Gasteiger partial charge on any atom is -0.481 e. The molecule has 0 radical (unpaired) electrons. The van der Waals surface area contributed by atoms with Gasteiger partial charge in [-0.1, -0.05) is 0 Å². The van der Waals surface area contributed by atoms with Crippen molar-refractivity contribution in [3.63, 3.8) is 0 Å². The number of nitrogens with zero attached hydrogens (tertiary/aromatic N) is 1. The number of hydrogen-bond acceptors (Lipinski definition) is 3. The summed E-state index contributed by atoms with van der Waals surface area (Å²) in [7, 11) is 1.79. The highest BCUT2D eigenvalue weighted by atomic mass is 16.5. The second kappa shape index (κ2) is 5.83. The molecule has 1 N–H and O–H groups in total. The van der Waals surface area contributed by atoms with Crippen molar-refractivity contribution in [2.75, 3.05) is 20.2 Å². The molecule has 0 aromatic rings. The van der Waals surface area contributed by atoms with Gasteiger partial charge < -0.3 is 9.84 Å². The molecule has 2 fully saturated rings. The first kappa shape index (κ1) is 12.8. The Hall–Kier alpha value is -0.610. The van der Waals surface area contributed by atoms with E-state index < -0.39 is 5.97 Å². The van der Waals surface area contributed by atoms with Gasteiger partial charge in [0.2, 0.25) is 0 Å². The molecule has 0 aromatic heterocycles. The molecular formula is C13H23NO3. The third kappa shape index (κ3) is 3.19. The van der Waals surface area contributed by atoms with E-state index >= 15 is 0 Å². The molecule has 0 bridgehead atoms. The first-order chi connectivity index (χ1) is 8.20. The lowest BCUT2D eigenvalue weighted by Crippen LogP contribution is -2.46. The van der Waals surface area contributed by atoms with Gasteiger partial charge in [-0.15, -0.1) is 0 Å². The van der Waals surface area contributed by atoms with E-state index in [9.17, 15) is 4.79 Å². The van der Waals surface area contributed by atoms with Crippen LogP contribution in [0.15, 0.2) is 0 Å². The van der Waals surface area contributed by atoms with Crippen molar-refractivity contribution in [2.45, 2.75) is 50.7 Å². The second-order valence-corrected chi connectivity index (χ2v) is 5.34. The lowest BCUT2D eigenvalue weighted by Gasteiger charge is -2.40. The quantitative estimate of drug-likeness (QED) is 0.817. The molecule has 1 saturated carbocycles. The van der Waals surface area contributed by atoms with E-state index in [1.54, 1.807) is 7.11 Å². The molecule has 2 aliphatic rings. The SMILES string of the molecule is CO[C@H]1CCCN(C2CCC(C(=O)O)CC2)C1. The van der Waals surface area contributed by atoms with Crippen LogP contribution in [0.3, 0.4) is 0 Å². The molecule has 98 valence electrons. The summed E-state index contributed by atoms with van der Waals surface area (Å²) in [4.78, 5) is 13.4. The second-order valence-electron chi connectivity index (χ2n) is 5.34. The number of hydrogen-bond donors (Lipinski definition) is 1. The van der Waals surface area contributed by atoms with Gasteiger partial charge in [0.1, 0.15) is 0 Å². The van der Waals surface area contributed by atoms with Crippen LogP contribution in [0.1, 0.15) is 38.5 Å². The molecule has 1 saturated heterocycles. The van der Waals surface area contributed by atoms with E-state index in [1.807, 2.05) is 0 Å². The minimum atomic E-state index is -0.614. The topological polar surface area (TPSA) is 49.8 Å². The van der Waals surface area contributed by atoms with Crippen molar-refractivity contribution in [1.82, 2.24) is 4.90 Å². The van der Waals surface area contributed by atoms with Gasteiger partial charge in [-0.05, 0) is 45.1 Å². The Labute approximate surface area is 103 Å². The molecular weight excluding hydrogens is 218 g/mol. The number of aliphatic carboxylic acids is 1. The highest BCUT2D eigenvalue weighted by molar-refractivity contribution is 5.70. The predicted octanol–water partition coefficient (Wildman–Crippen LogP) is 1.74. The molecule has 0 aromatic carbocycles. The van der Waals surface area contributed by atoms with Crippen LogP contribution in [0, 0.1) is 5.92 Å². The number of carboxylic acid groups (broad SMARTS) is 1. The van der Waals surface area contributed by atoms with Gasteiger partial charge in [0.05, 0.1) is 12.0 Å². The molecule has 0 unspecified atom stereocenters. The van der Waals surface area contributed by atoms with Crippen LogP contribution in [-0.2, 0) is 9.53 Å². The molecule has 2 rings (SSSR count). The van der Waals surface area contributed by atoms with E-state index in [4.69, 9.17) is 9.84 Å². The standard InChI is InChI=1S/C13H23NO3/c1-17-12-3-2-8-14(9-12)11-6-4-10(5-7-11)13(15)16/h10-12H,2-9H2,1H3,(H,15,16)/t10?,11?,12-/m0/s1. The fraction of sp³-hybridized carbons (Fsp3) is 0.923. The maximum Gasteiger partial charge on any atom is 0.306 e. The van der Waals surface area contributed by atoms with Crippen molar-refractivity contribution in [3.8, 4) is 0 Å². The number of piperidine rings is 1. The van der Waals surface area contributed by atoms with Crippen LogP contribution >= 0.6 is 0 Å². The van der Waals surface area contributed by atoms with Crippen LogP contribution in [0.25, 0.3) is 0 Å². The Bertz CT molecular complexity index is 261. The Balaban J connectivity index is 1.81. The smallest absolute Gasteiger partial charge is 0.306 e. The van der Waals surface area contributed by atoms with Gasteiger partial charge in [-0.2, -0.15) is 0 Å². The molecule has 4 heteroatoms. The lowest BCUT2D eigenvalue weighted by atomic mass is 9.84. The number of rotatable bonds is 3. The zero-order chi connectivity index (χ0) is 12.3. The van der Waals surface area contributed by atoms with Crippen LogP contribution in [0.5, 0.6) is 0 Å². The average Bonchev–Trinajstić information content (AvgIpc) is 2.39. The predicted molar refractivity (Wildman–Crippen MR) is 65.0 cm³/mol. The van der Waals surface area contributed by atoms with Crippen LogP contribution in [-0.4, -0.2) is 48.3 Å².